The third kappa shape index (κ3) is 2.97. The molecule has 1 aromatic carbocycles. The van der Waals surface area contributed by atoms with Crippen molar-refractivity contribution in [2.45, 2.75) is 31.2 Å². The molecular weight excluding hydrogens is 319 g/mol. The van der Waals surface area contributed by atoms with E-state index in [1.165, 1.54) is 16.4 Å². The fourth-order valence-corrected chi connectivity index (χ4v) is 4.71. The first kappa shape index (κ1) is 16.0. The van der Waals surface area contributed by atoms with Crippen molar-refractivity contribution < 1.29 is 8.42 Å². The molecule has 0 saturated carbocycles. The summed E-state index contributed by atoms with van der Waals surface area (Å²) in [4.78, 5) is 0.0536. The van der Waals surface area contributed by atoms with Gasteiger partial charge in [-0.05, 0) is 30.0 Å². The van der Waals surface area contributed by atoms with Crippen LogP contribution >= 0.6 is 23.2 Å². The van der Waals surface area contributed by atoms with Crippen LogP contribution < -0.4 is 5.73 Å². The van der Waals surface area contributed by atoms with E-state index in [-0.39, 0.29) is 21.4 Å². The lowest BCUT2D eigenvalue weighted by molar-refractivity contribution is 0.155. The average Bonchev–Trinajstić information content (AvgIpc) is 2.35. The monoisotopic (exact) mass is 336 g/mol. The van der Waals surface area contributed by atoms with E-state index < -0.39 is 10.0 Å². The maximum atomic E-state index is 12.7. The Morgan fingerprint density at radius 3 is 2.60 bits per heavy atom. The smallest absolute Gasteiger partial charge is 0.244 e. The molecule has 1 aliphatic rings. The van der Waals surface area contributed by atoms with Crippen molar-refractivity contribution in [3.63, 3.8) is 0 Å². The van der Waals surface area contributed by atoms with Gasteiger partial charge in [-0.3, -0.25) is 0 Å². The molecule has 7 heteroatoms. The molecule has 1 heterocycles. The molecule has 0 amide bonds. The number of nitrogens with two attached hydrogens (primary N) is 1. The van der Waals surface area contributed by atoms with Gasteiger partial charge in [0.2, 0.25) is 10.0 Å². The molecule has 1 aromatic rings. The van der Waals surface area contributed by atoms with Crippen molar-refractivity contribution in [3.8, 4) is 0 Å². The Kier molecular flexibility index (Phi) is 4.38. The highest BCUT2D eigenvalue weighted by Gasteiger charge is 2.39. The number of rotatable bonds is 2. The first-order valence-electron chi connectivity index (χ1n) is 6.35. The lowest BCUT2D eigenvalue weighted by Crippen LogP contribution is -2.53. The Hall–Kier alpha value is -0.330. The predicted octanol–water partition coefficient (Wildman–Crippen LogP) is 2.74. The normalized spacial score (nSPS) is 23.8. The second kappa shape index (κ2) is 5.46. The maximum absolute atomic E-state index is 12.7. The van der Waals surface area contributed by atoms with E-state index in [1.54, 1.807) is 6.07 Å². The van der Waals surface area contributed by atoms with Crippen LogP contribution in [0, 0.1) is 5.41 Å². The first-order valence-corrected chi connectivity index (χ1v) is 8.55. The van der Waals surface area contributed by atoms with Crippen LogP contribution in [0.25, 0.3) is 0 Å². The van der Waals surface area contributed by atoms with E-state index >= 15 is 0 Å². The number of benzene rings is 1. The van der Waals surface area contributed by atoms with Gasteiger partial charge in [-0.25, -0.2) is 8.42 Å². The van der Waals surface area contributed by atoms with Gasteiger partial charge in [0.1, 0.15) is 4.90 Å². The molecule has 0 aliphatic carbocycles. The van der Waals surface area contributed by atoms with E-state index in [1.807, 2.05) is 13.8 Å². The van der Waals surface area contributed by atoms with Gasteiger partial charge in [0.25, 0.3) is 0 Å². The van der Waals surface area contributed by atoms with Gasteiger partial charge < -0.3 is 5.73 Å². The van der Waals surface area contributed by atoms with Gasteiger partial charge in [0.15, 0.2) is 0 Å². The van der Waals surface area contributed by atoms with Gasteiger partial charge in [-0.1, -0.05) is 37.0 Å². The number of piperidine rings is 1. The Morgan fingerprint density at radius 2 is 2.00 bits per heavy atom. The number of sulfonamides is 1. The molecule has 0 radical (unpaired) electrons. The molecule has 0 bridgehead atoms. The second-order valence-electron chi connectivity index (χ2n) is 5.80. The van der Waals surface area contributed by atoms with Gasteiger partial charge in [-0.15, -0.1) is 0 Å². The highest BCUT2D eigenvalue weighted by molar-refractivity contribution is 7.89. The molecule has 2 rings (SSSR count). The van der Waals surface area contributed by atoms with Gasteiger partial charge in [0, 0.05) is 24.2 Å². The van der Waals surface area contributed by atoms with Crippen LogP contribution in [0.2, 0.25) is 10.0 Å². The third-order valence-corrected chi connectivity index (χ3v) is 6.35. The number of nitrogens with zero attached hydrogens (tertiary/aromatic N) is 1. The topological polar surface area (TPSA) is 63.4 Å². The Bertz CT molecular complexity index is 617. The molecule has 20 heavy (non-hydrogen) atoms. The summed E-state index contributed by atoms with van der Waals surface area (Å²) in [5.74, 6) is 0. The highest BCUT2D eigenvalue weighted by atomic mass is 35.5. The van der Waals surface area contributed by atoms with Crippen LogP contribution in [0.15, 0.2) is 23.1 Å². The minimum absolute atomic E-state index is 0.0104. The zero-order valence-corrected chi connectivity index (χ0v) is 13.8. The molecule has 1 atom stereocenters. The molecule has 1 fully saturated rings. The van der Waals surface area contributed by atoms with Gasteiger partial charge in [0.05, 0.1) is 5.02 Å². The fraction of sp³-hybridized carbons (Fsp3) is 0.538. The van der Waals surface area contributed by atoms with Crippen LogP contribution in [-0.4, -0.2) is 31.9 Å². The summed E-state index contributed by atoms with van der Waals surface area (Å²) in [7, 11) is -3.65. The minimum atomic E-state index is -3.65. The lowest BCUT2D eigenvalue weighted by atomic mass is 9.81. The van der Waals surface area contributed by atoms with Crippen molar-refractivity contribution in [1.29, 1.82) is 0 Å². The van der Waals surface area contributed by atoms with Gasteiger partial charge in [-0.2, -0.15) is 4.31 Å². The van der Waals surface area contributed by atoms with E-state index in [0.717, 1.165) is 0 Å². The number of halogens is 2. The van der Waals surface area contributed by atoms with Crippen molar-refractivity contribution in [2.24, 2.45) is 11.1 Å². The molecule has 1 aliphatic heterocycles. The SMILES string of the molecule is CC1(C)CN(S(=O)(=O)c2cc(Cl)ccc2Cl)CCC1N. The quantitative estimate of drug-likeness (QED) is 0.903. The minimum Gasteiger partial charge on any atom is -0.327 e. The summed E-state index contributed by atoms with van der Waals surface area (Å²) >= 11 is 11.9. The van der Waals surface area contributed by atoms with Gasteiger partial charge >= 0.3 is 0 Å². The Morgan fingerprint density at radius 1 is 1.35 bits per heavy atom. The molecule has 1 unspecified atom stereocenters. The third-order valence-electron chi connectivity index (χ3n) is 3.79. The van der Waals surface area contributed by atoms with Crippen LogP contribution in [0.3, 0.4) is 0 Å². The summed E-state index contributed by atoms with van der Waals surface area (Å²) in [6, 6.07) is 4.45. The van der Waals surface area contributed by atoms with Crippen molar-refractivity contribution in [2.75, 3.05) is 13.1 Å². The second-order valence-corrected chi connectivity index (χ2v) is 8.55. The molecular formula is C13H18Cl2N2O2S. The summed E-state index contributed by atoms with van der Waals surface area (Å²) in [5, 5.41) is 0.531. The summed E-state index contributed by atoms with van der Waals surface area (Å²) in [6.07, 6.45) is 0.629. The van der Waals surface area contributed by atoms with Crippen molar-refractivity contribution >= 4 is 33.2 Å². The zero-order chi connectivity index (χ0) is 15.1. The number of hydrogen-bond acceptors (Lipinski definition) is 3. The average molecular weight is 337 g/mol. The van der Waals surface area contributed by atoms with Crippen molar-refractivity contribution in [3.05, 3.63) is 28.2 Å². The molecule has 2 N–H and O–H groups in total. The first-order chi connectivity index (χ1) is 9.14. The zero-order valence-electron chi connectivity index (χ0n) is 11.4. The highest BCUT2D eigenvalue weighted by Crippen LogP contribution is 2.34. The summed E-state index contributed by atoms with van der Waals surface area (Å²) in [6.45, 7) is 4.72. The van der Waals surface area contributed by atoms with E-state index in [9.17, 15) is 8.42 Å². The maximum Gasteiger partial charge on any atom is 0.244 e. The van der Waals surface area contributed by atoms with Crippen LogP contribution in [0.1, 0.15) is 20.3 Å². The summed E-state index contributed by atoms with van der Waals surface area (Å²) < 4.78 is 26.8. The van der Waals surface area contributed by atoms with Crippen LogP contribution in [0.4, 0.5) is 0 Å². The Labute approximate surface area is 129 Å². The number of hydrogen-bond donors (Lipinski definition) is 1. The Balaban J connectivity index is 2.38. The lowest BCUT2D eigenvalue weighted by Gasteiger charge is -2.41. The molecule has 0 spiro atoms. The van der Waals surface area contributed by atoms with Crippen LogP contribution in [0.5, 0.6) is 0 Å². The van der Waals surface area contributed by atoms with E-state index in [0.29, 0.717) is 24.5 Å². The standard InChI is InChI=1S/C13H18Cl2N2O2S/c1-13(2)8-17(6-5-12(13)16)20(18,19)11-7-9(14)3-4-10(11)15/h3-4,7,12H,5-6,8,16H2,1-2H3. The van der Waals surface area contributed by atoms with Crippen LogP contribution in [-0.2, 0) is 10.0 Å². The van der Waals surface area contributed by atoms with Crippen molar-refractivity contribution in [1.82, 2.24) is 4.31 Å². The van der Waals surface area contributed by atoms with E-state index in [2.05, 4.69) is 0 Å². The fourth-order valence-electron chi connectivity index (χ4n) is 2.34. The summed E-state index contributed by atoms with van der Waals surface area (Å²) in [5.41, 5.74) is 5.77. The molecule has 0 aromatic heterocycles. The molecule has 112 valence electrons. The largest absolute Gasteiger partial charge is 0.327 e. The molecule has 4 nitrogen and oxygen atoms in total. The predicted molar refractivity (Wildman–Crippen MR) is 81.6 cm³/mol. The van der Waals surface area contributed by atoms with E-state index in [4.69, 9.17) is 28.9 Å². The molecule has 1 saturated heterocycles.